The van der Waals surface area contributed by atoms with Gasteiger partial charge in [0, 0.05) is 12.2 Å². The molecule has 1 aromatic carbocycles. The van der Waals surface area contributed by atoms with Crippen LogP contribution in [0.25, 0.3) is 10.4 Å². The molecule has 0 saturated heterocycles. The van der Waals surface area contributed by atoms with Crippen molar-refractivity contribution >= 4 is 11.3 Å². The summed E-state index contributed by atoms with van der Waals surface area (Å²) in [5, 5.41) is 2.56. The third kappa shape index (κ3) is 4.04. The molecule has 0 bridgehead atoms. The van der Waals surface area contributed by atoms with Crippen molar-refractivity contribution in [3.8, 4) is 10.4 Å². The minimum absolute atomic E-state index is 0.167. The molecular formula is C15H17F3N2S. The van der Waals surface area contributed by atoms with Crippen LogP contribution in [0.3, 0.4) is 0 Å². The van der Waals surface area contributed by atoms with Crippen molar-refractivity contribution in [2.45, 2.75) is 32.5 Å². The Kier molecular flexibility index (Phi) is 5.00. The summed E-state index contributed by atoms with van der Waals surface area (Å²) in [6.45, 7) is 5.04. The fourth-order valence-corrected chi connectivity index (χ4v) is 2.76. The molecular weight excluding hydrogens is 297 g/mol. The van der Waals surface area contributed by atoms with E-state index < -0.39 is 11.2 Å². The van der Waals surface area contributed by atoms with Crippen molar-refractivity contribution in [1.82, 2.24) is 10.3 Å². The Bertz CT molecular complexity index is 593. The van der Waals surface area contributed by atoms with E-state index in [4.69, 9.17) is 0 Å². The van der Waals surface area contributed by atoms with Crippen LogP contribution in [0.4, 0.5) is 13.2 Å². The smallest absolute Gasteiger partial charge is 0.310 e. The fourth-order valence-electron chi connectivity index (χ4n) is 1.98. The lowest BCUT2D eigenvalue weighted by Crippen LogP contribution is -2.19. The number of thiazole rings is 1. The van der Waals surface area contributed by atoms with E-state index in [2.05, 4.69) is 17.2 Å². The molecule has 1 unspecified atom stereocenters. The van der Waals surface area contributed by atoms with Crippen LogP contribution in [0.1, 0.15) is 36.9 Å². The minimum atomic E-state index is -4.38. The first-order chi connectivity index (χ1) is 9.91. The van der Waals surface area contributed by atoms with Gasteiger partial charge in [0.05, 0.1) is 4.88 Å². The summed E-state index contributed by atoms with van der Waals surface area (Å²) in [5.74, 6) is 0. The highest BCUT2D eigenvalue weighted by molar-refractivity contribution is 7.15. The summed E-state index contributed by atoms with van der Waals surface area (Å²) in [5.41, 5.74) is 1.83. The van der Waals surface area contributed by atoms with E-state index in [0.717, 1.165) is 24.1 Å². The highest BCUT2D eigenvalue weighted by Crippen LogP contribution is 2.36. The maximum absolute atomic E-state index is 12.6. The molecule has 2 nitrogen and oxygen atoms in total. The van der Waals surface area contributed by atoms with Gasteiger partial charge in [-0.2, -0.15) is 13.2 Å². The molecule has 0 fully saturated rings. The quantitative estimate of drug-likeness (QED) is 0.850. The number of rotatable bonds is 5. The SMILES string of the molecule is CCCNC(C)c1cccc(-c2cnc(C(F)(F)F)s2)c1. The Balaban J connectivity index is 2.23. The molecule has 2 aromatic rings. The first-order valence-corrected chi connectivity index (χ1v) is 7.60. The van der Waals surface area contributed by atoms with Crippen molar-refractivity contribution in [3.63, 3.8) is 0 Å². The van der Waals surface area contributed by atoms with Gasteiger partial charge in [0.25, 0.3) is 0 Å². The summed E-state index contributed by atoms with van der Waals surface area (Å²) < 4.78 is 37.8. The molecule has 1 atom stereocenters. The van der Waals surface area contributed by atoms with E-state index >= 15 is 0 Å². The zero-order valence-electron chi connectivity index (χ0n) is 11.9. The minimum Gasteiger partial charge on any atom is -0.310 e. The molecule has 0 amide bonds. The molecule has 0 saturated carbocycles. The highest BCUT2D eigenvalue weighted by atomic mass is 32.1. The summed E-state index contributed by atoms with van der Waals surface area (Å²) in [6, 6.07) is 7.73. The molecule has 6 heteroatoms. The zero-order chi connectivity index (χ0) is 15.5. The Hall–Kier alpha value is -1.40. The maximum Gasteiger partial charge on any atom is 0.443 e. The van der Waals surface area contributed by atoms with Gasteiger partial charge in [-0.15, -0.1) is 11.3 Å². The average Bonchev–Trinajstić information content (AvgIpc) is 2.95. The lowest BCUT2D eigenvalue weighted by molar-refractivity contribution is -0.137. The summed E-state index contributed by atoms with van der Waals surface area (Å²) in [6.07, 6.45) is -2.05. The van der Waals surface area contributed by atoms with E-state index in [1.165, 1.54) is 6.20 Å². The molecule has 1 heterocycles. The topological polar surface area (TPSA) is 24.9 Å². The second-order valence-corrected chi connectivity index (χ2v) is 5.86. The predicted octanol–water partition coefficient (Wildman–Crippen LogP) is 4.89. The maximum atomic E-state index is 12.6. The molecule has 0 radical (unpaired) electrons. The Morgan fingerprint density at radius 2 is 2.10 bits per heavy atom. The van der Waals surface area contributed by atoms with E-state index in [0.29, 0.717) is 16.2 Å². The molecule has 21 heavy (non-hydrogen) atoms. The molecule has 0 aliphatic rings. The van der Waals surface area contributed by atoms with Crippen LogP contribution in [0, 0.1) is 0 Å². The number of halogens is 3. The first-order valence-electron chi connectivity index (χ1n) is 6.78. The molecule has 114 valence electrons. The van der Waals surface area contributed by atoms with E-state index in [1.54, 1.807) is 0 Å². The van der Waals surface area contributed by atoms with Crippen LogP contribution in [0.2, 0.25) is 0 Å². The predicted molar refractivity (Wildman–Crippen MR) is 79.3 cm³/mol. The number of aromatic nitrogens is 1. The van der Waals surface area contributed by atoms with Gasteiger partial charge in [-0.3, -0.25) is 0 Å². The summed E-state index contributed by atoms with van der Waals surface area (Å²) >= 11 is 0.675. The van der Waals surface area contributed by atoms with Gasteiger partial charge in [0.2, 0.25) is 0 Å². The van der Waals surface area contributed by atoms with Crippen molar-refractivity contribution in [2.75, 3.05) is 6.54 Å². The second kappa shape index (κ2) is 6.58. The number of hydrogen-bond donors (Lipinski definition) is 1. The van der Waals surface area contributed by atoms with Crippen LogP contribution in [-0.4, -0.2) is 11.5 Å². The van der Waals surface area contributed by atoms with Crippen LogP contribution in [0.15, 0.2) is 30.5 Å². The number of benzene rings is 1. The highest BCUT2D eigenvalue weighted by Gasteiger charge is 2.34. The van der Waals surface area contributed by atoms with E-state index in [9.17, 15) is 13.2 Å². The van der Waals surface area contributed by atoms with Gasteiger partial charge in [0.15, 0.2) is 5.01 Å². The number of hydrogen-bond acceptors (Lipinski definition) is 3. The monoisotopic (exact) mass is 314 g/mol. The van der Waals surface area contributed by atoms with Gasteiger partial charge >= 0.3 is 6.18 Å². The Morgan fingerprint density at radius 1 is 1.33 bits per heavy atom. The molecule has 2 rings (SSSR count). The molecule has 0 aliphatic carbocycles. The van der Waals surface area contributed by atoms with Gasteiger partial charge < -0.3 is 5.32 Å². The van der Waals surface area contributed by atoms with Crippen molar-refractivity contribution in [1.29, 1.82) is 0 Å². The third-order valence-corrected chi connectivity index (χ3v) is 4.21. The Labute approximate surface area is 126 Å². The van der Waals surface area contributed by atoms with E-state index in [-0.39, 0.29) is 6.04 Å². The van der Waals surface area contributed by atoms with E-state index in [1.807, 2.05) is 31.2 Å². The third-order valence-electron chi connectivity index (χ3n) is 3.12. The van der Waals surface area contributed by atoms with Gasteiger partial charge in [-0.25, -0.2) is 4.98 Å². The number of alkyl halides is 3. The largest absolute Gasteiger partial charge is 0.443 e. The van der Waals surface area contributed by atoms with Crippen molar-refractivity contribution < 1.29 is 13.2 Å². The first kappa shape index (κ1) is 16.0. The average molecular weight is 314 g/mol. The summed E-state index contributed by atoms with van der Waals surface area (Å²) in [7, 11) is 0. The number of nitrogens with one attached hydrogen (secondary N) is 1. The molecule has 0 aliphatic heterocycles. The van der Waals surface area contributed by atoms with Gasteiger partial charge in [0.1, 0.15) is 0 Å². The molecule has 1 N–H and O–H groups in total. The van der Waals surface area contributed by atoms with Crippen molar-refractivity contribution in [3.05, 3.63) is 41.0 Å². The second-order valence-electron chi connectivity index (χ2n) is 4.83. The van der Waals surface area contributed by atoms with Gasteiger partial charge in [-0.05, 0) is 37.1 Å². The van der Waals surface area contributed by atoms with Crippen LogP contribution < -0.4 is 5.32 Å². The molecule has 1 aromatic heterocycles. The van der Waals surface area contributed by atoms with Crippen LogP contribution >= 0.6 is 11.3 Å². The van der Waals surface area contributed by atoms with Gasteiger partial charge in [-0.1, -0.05) is 25.1 Å². The zero-order valence-corrected chi connectivity index (χ0v) is 12.7. The summed E-state index contributed by atoms with van der Waals surface area (Å²) in [4.78, 5) is 4.00. The normalized spacial score (nSPS) is 13.4. The van der Waals surface area contributed by atoms with Crippen LogP contribution in [0.5, 0.6) is 0 Å². The fraction of sp³-hybridized carbons (Fsp3) is 0.400. The lowest BCUT2D eigenvalue weighted by Gasteiger charge is -2.14. The molecule has 0 spiro atoms. The number of nitrogens with zero attached hydrogens (tertiary/aromatic N) is 1. The van der Waals surface area contributed by atoms with Crippen LogP contribution in [-0.2, 0) is 6.18 Å². The lowest BCUT2D eigenvalue weighted by atomic mass is 10.0. The Morgan fingerprint density at radius 3 is 2.71 bits per heavy atom. The standard InChI is InChI=1S/C15H17F3N2S/c1-3-7-19-10(2)11-5-4-6-12(8-11)13-9-20-14(21-13)15(16,17)18/h4-6,8-10,19H,3,7H2,1-2H3. The van der Waals surface area contributed by atoms with Crippen molar-refractivity contribution in [2.24, 2.45) is 0 Å².